The first-order valence-electron chi connectivity index (χ1n) is 5.62. The van der Waals surface area contributed by atoms with Gasteiger partial charge in [-0.3, -0.25) is 4.79 Å². The fraction of sp³-hybridized carbons (Fsp3) is 0.385. The molecule has 0 aromatic heterocycles. The minimum atomic E-state index is -0.890. The van der Waals surface area contributed by atoms with Gasteiger partial charge in [-0.1, -0.05) is 19.1 Å². The zero-order valence-corrected chi connectivity index (χ0v) is 10.1. The summed E-state index contributed by atoms with van der Waals surface area (Å²) < 4.78 is 5.04. The molecule has 4 nitrogen and oxygen atoms in total. The van der Waals surface area contributed by atoms with Crippen LogP contribution < -0.4 is 5.32 Å². The number of carbonyl (C=O) groups is 1. The highest BCUT2D eigenvalue weighted by atomic mass is 16.5. The van der Waals surface area contributed by atoms with E-state index in [9.17, 15) is 4.79 Å². The Hall–Kier alpha value is -1.86. The predicted molar refractivity (Wildman–Crippen MR) is 64.3 cm³/mol. The first-order chi connectivity index (χ1) is 8.21. The van der Waals surface area contributed by atoms with Gasteiger partial charge < -0.3 is 10.1 Å². The van der Waals surface area contributed by atoms with E-state index < -0.39 is 6.23 Å². The number of nitriles is 1. The third-order valence-corrected chi connectivity index (χ3v) is 2.34. The smallest absolute Gasteiger partial charge is 0.254 e. The number of nitrogens with one attached hydrogen (secondary N) is 1. The van der Waals surface area contributed by atoms with Crippen LogP contribution in [0, 0.1) is 11.3 Å². The van der Waals surface area contributed by atoms with Crippen LogP contribution in [-0.4, -0.2) is 18.7 Å². The maximum atomic E-state index is 11.7. The van der Waals surface area contributed by atoms with E-state index in [0.29, 0.717) is 12.2 Å². The SMILES string of the molecule is CCOC(C#N)NC(=O)c1ccc(CC)cc1. The van der Waals surface area contributed by atoms with Crippen LogP contribution in [-0.2, 0) is 11.2 Å². The molecule has 0 saturated heterocycles. The zero-order valence-electron chi connectivity index (χ0n) is 10.1. The average Bonchev–Trinajstić information content (AvgIpc) is 2.38. The first kappa shape index (κ1) is 13.2. The summed E-state index contributed by atoms with van der Waals surface area (Å²) in [6.07, 6.45) is 0.0418. The maximum absolute atomic E-state index is 11.7. The van der Waals surface area contributed by atoms with Crippen LogP contribution in [0.2, 0.25) is 0 Å². The molecule has 4 heteroatoms. The molecule has 0 heterocycles. The Morgan fingerprint density at radius 2 is 2.06 bits per heavy atom. The van der Waals surface area contributed by atoms with Crippen molar-refractivity contribution in [2.75, 3.05) is 6.61 Å². The minimum Gasteiger partial charge on any atom is -0.346 e. The summed E-state index contributed by atoms with van der Waals surface area (Å²) in [5, 5.41) is 11.2. The fourth-order valence-corrected chi connectivity index (χ4v) is 1.37. The van der Waals surface area contributed by atoms with Gasteiger partial charge in [0, 0.05) is 12.2 Å². The van der Waals surface area contributed by atoms with Crippen molar-refractivity contribution in [2.45, 2.75) is 26.5 Å². The van der Waals surface area contributed by atoms with Crippen LogP contribution in [0.25, 0.3) is 0 Å². The number of rotatable bonds is 5. The Morgan fingerprint density at radius 1 is 1.41 bits per heavy atom. The highest BCUT2D eigenvalue weighted by molar-refractivity contribution is 5.94. The van der Waals surface area contributed by atoms with E-state index in [1.165, 1.54) is 5.56 Å². The lowest BCUT2D eigenvalue weighted by Crippen LogP contribution is -2.35. The van der Waals surface area contributed by atoms with Crippen molar-refractivity contribution in [1.29, 1.82) is 5.26 Å². The lowest BCUT2D eigenvalue weighted by molar-refractivity contribution is 0.0615. The second kappa shape index (κ2) is 6.66. The summed E-state index contributed by atoms with van der Waals surface area (Å²) in [7, 11) is 0. The van der Waals surface area contributed by atoms with Crippen molar-refractivity contribution in [3.8, 4) is 6.07 Å². The molecule has 1 unspecified atom stereocenters. The number of hydrogen-bond acceptors (Lipinski definition) is 3. The zero-order chi connectivity index (χ0) is 12.7. The largest absolute Gasteiger partial charge is 0.346 e. The van der Waals surface area contributed by atoms with Crippen molar-refractivity contribution < 1.29 is 9.53 Å². The number of ether oxygens (including phenoxy) is 1. The van der Waals surface area contributed by atoms with Crippen LogP contribution >= 0.6 is 0 Å². The molecule has 90 valence electrons. The van der Waals surface area contributed by atoms with Crippen LogP contribution in [0.1, 0.15) is 29.8 Å². The third-order valence-electron chi connectivity index (χ3n) is 2.34. The number of hydrogen-bond donors (Lipinski definition) is 1. The molecule has 1 rings (SSSR count). The molecule has 1 N–H and O–H groups in total. The van der Waals surface area contributed by atoms with Gasteiger partial charge in [-0.25, -0.2) is 0 Å². The van der Waals surface area contributed by atoms with Gasteiger partial charge in [0.05, 0.1) is 0 Å². The monoisotopic (exact) mass is 232 g/mol. The number of carbonyl (C=O) groups excluding carboxylic acids is 1. The molecule has 1 atom stereocenters. The molecule has 1 aromatic rings. The normalized spacial score (nSPS) is 11.6. The molecule has 0 spiro atoms. The van der Waals surface area contributed by atoms with Crippen LogP contribution in [0.5, 0.6) is 0 Å². The lowest BCUT2D eigenvalue weighted by atomic mass is 10.1. The second-order valence-electron chi connectivity index (χ2n) is 3.49. The molecule has 0 aliphatic rings. The van der Waals surface area contributed by atoms with Gasteiger partial charge in [-0.2, -0.15) is 5.26 Å². The molecule has 0 radical (unpaired) electrons. The molecule has 0 fully saturated rings. The molecular weight excluding hydrogens is 216 g/mol. The van der Waals surface area contributed by atoms with Crippen LogP contribution in [0.4, 0.5) is 0 Å². The van der Waals surface area contributed by atoms with Gasteiger partial charge in [0.15, 0.2) is 0 Å². The molecular formula is C13H16N2O2. The fourth-order valence-electron chi connectivity index (χ4n) is 1.37. The van der Waals surface area contributed by atoms with Crippen molar-refractivity contribution in [2.24, 2.45) is 0 Å². The summed E-state index contributed by atoms with van der Waals surface area (Å²) in [6.45, 7) is 4.20. The van der Waals surface area contributed by atoms with Gasteiger partial charge in [0.25, 0.3) is 5.91 Å². The minimum absolute atomic E-state index is 0.298. The Morgan fingerprint density at radius 3 is 2.53 bits per heavy atom. The average molecular weight is 232 g/mol. The summed E-state index contributed by atoms with van der Waals surface area (Å²) in [5.74, 6) is -0.298. The summed E-state index contributed by atoms with van der Waals surface area (Å²) in [5.41, 5.74) is 1.70. The van der Waals surface area contributed by atoms with Gasteiger partial charge in [-0.05, 0) is 31.0 Å². The van der Waals surface area contributed by atoms with E-state index in [1.54, 1.807) is 19.1 Å². The van der Waals surface area contributed by atoms with Gasteiger partial charge in [0.2, 0.25) is 6.23 Å². The summed E-state index contributed by atoms with van der Waals surface area (Å²) >= 11 is 0. The van der Waals surface area contributed by atoms with E-state index >= 15 is 0 Å². The number of aryl methyl sites for hydroxylation is 1. The summed E-state index contributed by atoms with van der Waals surface area (Å²) in [6, 6.07) is 9.16. The molecule has 17 heavy (non-hydrogen) atoms. The van der Waals surface area contributed by atoms with E-state index in [4.69, 9.17) is 10.00 Å². The van der Waals surface area contributed by atoms with Gasteiger partial charge >= 0.3 is 0 Å². The summed E-state index contributed by atoms with van der Waals surface area (Å²) in [4.78, 5) is 11.7. The third kappa shape index (κ3) is 3.89. The van der Waals surface area contributed by atoms with Crippen molar-refractivity contribution in [3.63, 3.8) is 0 Å². The quantitative estimate of drug-likeness (QED) is 0.788. The Kier molecular flexibility index (Phi) is 5.18. The molecule has 0 aliphatic carbocycles. The highest BCUT2D eigenvalue weighted by Crippen LogP contribution is 2.05. The first-order valence-corrected chi connectivity index (χ1v) is 5.62. The van der Waals surface area contributed by atoms with Crippen LogP contribution in [0.15, 0.2) is 24.3 Å². The Balaban J connectivity index is 2.66. The van der Waals surface area contributed by atoms with E-state index in [2.05, 4.69) is 12.2 Å². The molecule has 1 amide bonds. The predicted octanol–water partition coefficient (Wildman–Crippen LogP) is 1.86. The Labute approximate surface area is 101 Å². The standard InChI is InChI=1S/C13H16N2O2/c1-3-10-5-7-11(8-6-10)13(16)15-12(9-14)17-4-2/h5-8,12H,3-4H2,1-2H3,(H,15,16). The second-order valence-corrected chi connectivity index (χ2v) is 3.49. The topological polar surface area (TPSA) is 62.1 Å². The molecule has 0 aliphatic heterocycles. The van der Waals surface area contributed by atoms with Crippen molar-refractivity contribution in [1.82, 2.24) is 5.32 Å². The van der Waals surface area contributed by atoms with E-state index in [1.807, 2.05) is 18.2 Å². The molecule has 0 bridgehead atoms. The highest BCUT2D eigenvalue weighted by Gasteiger charge is 2.12. The van der Waals surface area contributed by atoms with Gasteiger partial charge in [0.1, 0.15) is 6.07 Å². The van der Waals surface area contributed by atoms with Gasteiger partial charge in [-0.15, -0.1) is 0 Å². The number of amides is 1. The van der Waals surface area contributed by atoms with Crippen molar-refractivity contribution >= 4 is 5.91 Å². The Bertz CT molecular complexity index is 406. The van der Waals surface area contributed by atoms with Crippen LogP contribution in [0.3, 0.4) is 0 Å². The number of nitrogens with zero attached hydrogens (tertiary/aromatic N) is 1. The van der Waals surface area contributed by atoms with E-state index in [0.717, 1.165) is 6.42 Å². The van der Waals surface area contributed by atoms with E-state index in [-0.39, 0.29) is 5.91 Å². The lowest BCUT2D eigenvalue weighted by Gasteiger charge is -2.11. The van der Waals surface area contributed by atoms with Crippen molar-refractivity contribution in [3.05, 3.63) is 35.4 Å². The number of benzene rings is 1. The molecule has 0 saturated carbocycles. The maximum Gasteiger partial charge on any atom is 0.254 e. The molecule has 1 aromatic carbocycles.